The average Bonchev–Trinajstić information content (AvgIpc) is 1.88. The van der Waals surface area contributed by atoms with E-state index in [2.05, 4.69) is 13.8 Å². The molecule has 0 aromatic carbocycles. The van der Waals surface area contributed by atoms with Gasteiger partial charge in [0, 0.05) is 6.61 Å². The van der Waals surface area contributed by atoms with Crippen LogP contribution in [0.1, 0.15) is 20.3 Å². The van der Waals surface area contributed by atoms with Crippen LogP contribution in [-0.2, 0) is 4.74 Å². The van der Waals surface area contributed by atoms with E-state index in [9.17, 15) is 0 Å². The first-order valence-corrected chi connectivity index (χ1v) is 3.38. The van der Waals surface area contributed by atoms with Gasteiger partial charge in [-0.05, 0) is 20.3 Å². The Labute approximate surface area is 57.7 Å². The smallest absolute Gasteiger partial charge is 0.0753 e. The van der Waals surface area contributed by atoms with Gasteiger partial charge in [-0.1, -0.05) is 19.1 Å². The van der Waals surface area contributed by atoms with Gasteiger partial charge >= 0.3 is 0 Å². The summed E-state index contributed by atoms with van der Waals surface area (Å²) in [6, 6.07) is 0. The standard InChI is InChI=1S/C8H15O/c1-4-7-8(5-2)9-6-3/h4,7-8H,3,5-6H2,1-2H3. The summed E-state index contributed by atoms with van der Waals surface area (Å²) in [5.41, 5.74) is 0. The van der Waals surface area contributed by atoms with E-state index in [0.717, 1.165) is 6.42 Å². The van der Waals surface area contributed by atoms with Crippen LogP contribution < -0.4 is 0 Å². The molecule has 0 aromatic rings. The Balaban J connectivity index is 3.41. The van der Waals surface area contributed by atoms with E-state index < -0.39 is 0 Å². The summed E-state index contributed by atoms with van der Waals surface area (Å²) >= 11 is 0. The van der Waals surface area contributed by atoms with Crippen LogP contribution in [0.3, 0.4) is 0 Å². The number of hydrogen-bond acceptors (Lipinski definition) is 1. The molecule has 0 amide bonds. The molecule has 0 saturated heterocycles. The zero-order valence-corrected chi connectivity index (χ0v) is 6.26. The largest absolute Gasteiger partial charge is 0.374 e. The summed E-state index contributed by atoms with van der Waals surface area (Å²) in [7, 11) is 0. The van der Waals surface area contributed by atoms with Gasteiger partial charge in [0.05, 0.1) is 6.10 Å². The lowest BCUT2D eigenvalue weighted by atomic mass is 10.2. The first-order valence-electron chi connectivity index (χ1n) is 3.38. The first kappa shape index (κ1) is 8.70. The highest BCUT2D eigenvalue weighted by atomic mass is 16.5. The van der Waals surface area contributed by atoms with Crippen molar-refractivity contribution in [3.63, 3.8) is 0 Å². The van der Waals surface area contributed by atoms with E-state index in [1.165, 1.54) is 0 Å². The number of allylic oxidation sites excluding steroid dienone is 1. The van der Waals surface area contributed by atoms with Crippen LogP contribution in [0.5, 0.6) is 0 Å². The number of hydrogen-bond donors (Lipinski definition) is 0. The number of ether oxygens (including phenoxy) is 1. The van der Waals surface area contributed by atoms with Crippen molar-refractivity contribution in [2.45, 2.75) is 26.4 Å². The fourth-order valence-electron chi connectivity index (χ4n) is 0.676. The maximum absolute atomic E-state index is 5.23. The van der Waals surface area contributed by atoms with Crippen molar-refractivity contribution in [3.8, 4) is 0 Å². The highest BCUT2D eigenvalue weighted by Crippen LogP contribution is 1.98. The number of rotatable bonds is 4. The van der Waals surface area contributed by atoms with Crippen molar-refractivity contribution in [2.75, 3.05) is 6.61 Å². The third kappa shape index (κ3) is 4.22. The molecule has 1 nitrogen and oxygen atoms in total. The topological polar surface area (TPSA) is 9.23 Å². The monoisotopic (exact) mass is 127 g/mol. The van der Waals surface area contributed by atoms with Crippen LogP contribution in [0.15, 0.2) is 12.2 Å². The molecule has 0 bridgehead atoms. The minimum atomic E-state index is 0.271. The van der Waals surface area contributed by atoms with E-state index in [4.69, 9.17) is 4.74 Å². The van der Waals surface area contributed by atoms with E-state index in [0.29, 0.717) is 6.61 Å². The van der Waals surface area contributed by atoms with Gasteiger partial charge in [-0.3, -0.25) is 0 Å². The molecule has 0 heterocycles. The van der Waals surface area contributed by atoms with Crippen LogP contribution in [0.4, 0.5) is 0 Å². The van der Waals surface area contributed by atoms with Crippen LogP contribution in [0.25, 0.3) is 0 Å². The van der Waals surface area contributed by atoms with Gasteiger partial charge in [0.15, 0.2) is 0 Å². The predicted octanol–water partition coefficient (Wildman–Crippen LogP) is 2.19. The predicted molar refractivity (Wildman–Crippen MR) is 40.2 cm³/mol. The molecular weight excluding hydrogens is 112 g/mol. The molecule has 9 heavy (non-hydrogen) atoms. The molecule has 0 aliphatic rings. The zero-order chi connectivity index (χ0) is 7.11. The summed E-state index contributed by atoms with van der Waals surface area (Å²) in [6.07, 6.45) is 5.35. The van der Waals surface area contributed by atoms with Crippen molar-refractivity contribution in [3.05, 3.63) is 19.1 Å². The van der Waals surface area contributed by atoms with E-state index >= 15 is 0 Å². The van der Waals surface area contributed by atoms with Crippen LogP contribution in [-0.4, -0.2) is 12.7 Å². The summed E-state index contributed by atoms with van der Waals surface area (Å²) in [5.74, 6) is 0. The SMILES string of the molecule is [CH2]COC(C=CC)CC. The third-order valence-electron chi connectivity index (χ3n) is 1.14. The fourth-order valence-corrected chi connectivity index (χ4v) is 0.676. The van der Waals surface area contributed by atoms with E-state index in [1.54, 1.807) is 0 Å². The lowest BCUT2D eigenvalue weighted by Gasteiger charge is -2.08. The van der Waals surface area contributed by atoms with Gasteiger partial charge in [0.2, 0.25) is 0 Å². The van der Waals surface area contributed by atoms with Crippen LogP contribution in [0, 0.1) is 6.92 Å². The van der Waals surface area contributed by atoms with Crippen molar-refractivity contribution >= 4 is 0 Å². The molecule has 0 aliphatic carbocycles. The third-order valence-corrected chi connectivity index (χ3v) is 1.14. The summed E-state index contributed by atoms with van der Waals surface area (Å²) in [4.78, 5) is 0. The maximum atomic E-state index is 5.23. The Morgan fingerprint density at radius 3 is 2.67 bits per heavy atom. The molecule has 0 spiro atoms. The van der Waals surface area contributed by atoms with Gasteiger partial charge < -0.3 is 4.74 Å². The Bertz CT molecular complexity index is 76.6. The lowest BCUT2D eigenvalue weighted by molar-refractivity contribution is 0.105. The molecule has 1 atom stereocenters. The second-order valence-electron chi connectivity index (χ2n) is 1.84. The molecular formula is C8H15O. The van der Waals surface area contributed by atoms with Crippen LogP contribution >= 0.6 is 0 Å². The molecule has 1 radical (unpaired) electrons. The molecule has 0 aromatic heterocycles. The lowest BCUT2D eigenvalue weighted by Crippen LogP contribution is -2.07. The highest BCUT2D eigenvalue weighted by molar-refractivity contribution is 4.85. The minimum absolute atomic E-state index is 0.271. The highest BCUT2D eigenvalue weighted by Gasteiger charge is 1.96. The van der Waals surface area contributed by atoms with Gasteiger partial charge in [0.25, 0.3) is 0 Å². The zero-order valence-electron chi connectivity index (χ0n) is 6.26. The molecule has 0 N–H and O–H groups in total. The fraction of sp³-hybridized carbons (Fsp3) is 0.625. The summed E-state index contributed by atoms with van der Waals surface area (Å²) in [5, 5.41) is 0. The molecule has 0 fully saturated rings. The minimum Gasteiger partial charge on any atom is -0.374 e. The van der Waals surface area contributed by atoms with Crippen molar-refractivity contribution in [2.24, 2.45) is 0 Å². The van der Waals surface area contributed by atoms with Crippen molar-refractivity contribution in [1.82, 2.24) is 0 Å². The Kier molecular flexibility index (Phi) is 5.64. The second kappa shape index (κ2) is 5.83. The molecule has 1 heteroatoms. The van der Waals surface area contributed by atoms with E-state index in [1.807, 2.05) is 19.1 Å². The Morgan fingerprint density at radius 2 is 2.33 bits per heavy atom. The molecule has 53 valence electrons. The molecule has 0 saturated carbocycles. The second-order valence-corrected chi connectivity index (χ2v) is 1.84. The van der Waals surface area contributed by atoms with Crippen molar-refractivity contribution < 1.29 is 4.74 Å². The van der Waals surface area contributed by atoms with Crippen molar-refractivity contribution in [1.29, 1.82) is 0 Å². The Hall–Kier alpha value is -0.300. The van der Waals surface area contributed by atoms with E-state index in [-0.39, 0.29) is 6.10 Å². The average molecular weight is 127 g/mol. The van der Waals surface area contributed by atoms with Crippen LogP contribution in [0.2, 0.25) is 0 Å². The van der Waals surface area contributed by atoms with Gasteiger partial charge in [0.1, 0.15) is 0 Å². The molecule has 0 rings (SSSR count). The van der Waals surface area contributed by atoms with Gasteiger partial charge in [-0.15, -0.1) is 0 Å². The normalized spacial score (nSPS) is 14.6. The van der Waals surface area contributed by atoms with Gasteiger partial charge in [-0.25, -0.2) is 0 Å². The summed E-state index contributed by atoms with van der Waals surface area (Å²) < 4.78 is 5.23. The van der Waals surface area contributed by atoms with Gasteiger partial charge in [-0.2, -0.15) is 0 Å². The first-order chi connectivity index (χ1) is 4.35. The Morgan fingerprint density at radius 1 is 1.67 bits per heavy atom. The summed E-state index contributed by atoms with van der Waals surface area (Å²) in [6.45, 7) is 8.25. The molecule has 1 unspecified atom stereocenters. The maximum Gasteiger partial charge on any atom is 0.0753 e. The molecule has 0 aliphatic heterocycles. The quantitative estimate of drug-likeness (QED) is 0.526.